The van der Waals surface area contributed by atoms with Crippen LogP contribution in [-0.2, 0) is 10.0 Å². The second kappa shape index (κ2) is 10.7. The molecule has 0 bridgehead atoms. The first-order chi connectivity index (χ1) is 20.1. The van der Waals surface area contributed by atoms with Crippen LogP contribution in [0.3, 0.4) is 0 Å². The van der Waals surface area contributed by atoms with Gasteiger partial charge >= 0.3 is 0 Å². The predicted molar refractivity (Wildman–Crippen MR) is 160 cm³/mol. The summed E-state index contributed by atoms with van der Waals surface area (Å²) in [5.74, 6) is 0.0270. The summed E-state index contributed by atoms with van der Waals surface area (Å²) < 4.78 is 15.7. The minimum absolute atomic E-state index is 0.0787. The molecule has 4 aromatic rings. The zero-order valence-corrected chi connectivity index (χ0v) is 23.5. The van der Waals surface area contributed by atoms with Crippen LogP contribution in [0.5, 0.6) is 0 Å². The second-order valence-corrected chi connectivity index (χ2v) is 11.3. The maximum atomic E-state index is 14.7. The molecule has 1 saturated heterocycles. The predicted octanol–water partition coefficient (Wildman–Crippen LogP) is 2.94. The van der Waals surface area contributed by atoms with Gasteiger partial charge in [-0.1, -0.05) is 17.7 Å². The number of pyridine rings is 1. The molecule has 42 heavy (non-hydrogen) atoms. The Kier molecular flexibility index (Phi) is 7.21. The van der Waals surface area contributed by atoms with Crippen LogP contribution in [0.25, 0.3) is 33.3 Å². The maximum absolute atomic E-state index is 14.7. The van der Waals surface area contributed by atoms with Gasteiger partial charge in [-0.05, 0) is 48.6 Å². The van der Waals surface area contributed by atoms with E-state index in [0.29, 0.717) is 52.6 Å². The van der Waals surface area contributed by atoms with Crippen molar-refractivity contribution >= 4 is 57.8 Å². The molecule has 204 valence electrons. The Labute approximate surface area is 251 Å². The number of benzene rings is 1. The van der Waals surface area contributed by atoms with Crippen LogP contribution < -0.4 is 4.90 Å². The van der Waals surface area contributed by atoms with Gasteiger partial charge in [0.2, 0.25) is 0 Å². The van der Waals surface area contributed by atoms with Gasteiger partial charge in [-0.2, -0.15) is 10.4 Å². The zero-order chi connectivity index (χ0) is 29.8. The van der Waals surface area contributed by atoms with Gasteiger partial charge in [-0.25, -0.2) is 14.4 Å². The first kappa shape index (κ1) is 28.2. The van der Waals surface area contributed by atoms with E-state index >= 15 is 0 Å². The Hall–Kier alpha value is -3.91. The summed E-state index contributed by atoms with van der Waals surface area (Å²) in [6.07, 6.45) is 4.77. The summed E-state index contributed by atoms with van der Waals surface area (Å²) in [5.41, 5.74) is 3.13. The quantitative estimate of drug-likeness (QED) is 0.327. The molecule has 2 unspecified atom stereocenters. The van der Waals surface area contributed by atoms with E-state index in [1.54, 1.807) is 23.4 Å². The fourth-order valence-electron chi connectivity index (χ4n) is 5.52. The second-order valence-electron chi connectivity index (χ2n) is 10.9. The van der Waals surface area contributed by atoms with Crippen LogP contribution in [-0.4, -0.2) is 90.9 Å². The lowest BCUT2D eigenvalue weighted by atomic mass is 9.49. The molecule has 1 aliphatic carbocycles. The molecule has 2 fully saturated rings. The summed E-state index contributed by atoms with van der Waals surface area (Å²) in [6.45, 7) is 3.15. The first-order valence-electron chi connectivity index (χ1n) is 13.5. The number of nitriles is 1. The van der Waals surface area contributed by atoms with Crippen molar-refractivity contribution in [1.29, 1.82) is 5.26 Å². The van der Waals surface area contributed by atoms with Crippen molar-refractivity contribution in [2.24, 2.45) is 5.92 Å². The Balaban J connectivity index is 1.47. The van der Waals surface area contributed by atoms with Crippen molar-refractivity contribution in [3.8, 4) is 28.5 Å². The summed E-state index contributed by atoms with van der Waals surface area (Å²) in [7, 11) is 17.6. The lowest BCUT2D eigenvalue weighted by Crippen LogP contribution is -2.56. The normalized spacial score (nSPS) is 18.2. The molecule has 3 aromatic heterocycles. The van der Waals surface area contributed by atoms with Crippen LogP contribution >= 0.6 is 11.6 Å². The van der Waals surface area contributed by atoms with Crippen molar-refractivity contribution in [3.63, 3.8) is 0 Å². The monoisotopic (exact) mass is 574 g/mol. The van der Waals surface area contributed by atoms with Gasteiger partial charge in [-0.3, -0.25) is 14.5 Å². The number of nitrogens with zero attached hydrogens (tertiary/aromatic N) is 8. The highest BCUT2D eigenvalue weighted by atomic mass is 35.5. The minimum Gasteiger partial charge on any atom is -0.352 e. The van der Waals surface area contributed by atoms with E-state index in [2.05, 4.69) is 25.0 Å². The highest BCUT2D eigenvalue weighted by Gasteiger charge is 2.41. The number of piperazine rings is 1. The van der Waals surface area contributed by atoms with Crippen LogP contribution in [0.2, 0.25) is 5.02 Å². The van der Waals surface area contributed by atoms with Gasteiger partial charge < -0.3 is 9.80 Å². The lowest BCUT2D eigenvalue weighted by molar-refractivity contribution is -0.139. The highest BCUT2D eigenvalue weighted by Crippen LogP contribution is 2.40. The molecule has 6 radical (unpaired) electrons. The van der Waals surface area contributed by atoms with E-state index in [1.165, 1.54) is 12.4 Å². The van der Waals surface area contributed by atoms with Crippen LogP contribution in [0, 0.1) is 17.2 Å². The van der Waals surface area contributed by atoms with Crippen LogP contribution in [0.1, 0.15) is 25.5 Å². The number of anilines is 1. The minimum atomic E-state index is -1.89. The number of carbonyl (C=O) groups excluding carboxylic acids is 1. The van der Waals surface area contributed by atoms with Gasteiger partial charge in [-0.15, -0.1) is 0 Å². The summed E-state index contributed by atoms with van der Waals surface area (Å²) >= 11 is 6.31. The van der Waals surface area contributed by atoms with Crippen molar-refractivity contribution in [3.05, 3.63) is 53.7 Å². The van der Waals surface area contributed by atoms with E-state index < -0.39 is 17.3 Å². The summed E-state index contributed by atoms with van der Waals surface area (Å²) in [4.78, 5) is 30.1. The zero-order valence-electron chi connectivity index (χ0n) is 22.8. The average Bonchev–Trinajstić information content (AvgIpc) is 3.72. The van der Waals surface area contributed by atoms with Gasteiger partial charge in [0.1, 0.15) is 23.9 Å². The van der Waals surface area contributed by atoms with E-state index in [1.807, 2.05) is 25.1 Å². The molecule has 6 rings (SSSR count). The Morgan fingerprint density at radius 2 is 1.93 bits per heavy atom. The van der Waals surface area contributed by atoms with E-state index in [0.717, 1.165) is 28.7 Å². The molecule has 4 heterocycles. The number of hydrogen-bond donors (Lipinski definition) is 0. The number of aromatic nitrogens is 5. The van der Waals surface area contributed by atoms with Crippen LogP contribution in [0.15, 0.2) is 43.0 Å². The lowest BCUT2D eigenvalue weighted by Gasteiger charge is -2.41. The smallest absolute Gasteiger partial charge is 0.257 e. The molecule has 2 atom stereocenters. The van der Waals surface area contributed by atoms with Gasteiger partial charge in [0.15, 0.2) is 6.17 Å². The number of amides is 1. The summed E-state index contributed by atoms with van der Waals surface area (Å²) in [5, 5.41) is 13.4. The van der Waals surface area contributed by atoms with Crippen LogP contribution in [0.4, 0.5) is 10.2 Å². The van der Waals surface area contributed by atoms with Crippen molar-refractivity contribution in [2.45, 2.75) is 37.2 Å². The average molecular weight is 574 g/mol. The molecule has 1 amide bonds. The standard InChI is InChI=1S/C28H23B3ClFN8O/c1-15-13-39(6-7-40(15)27(42)24(33)16-2-3-16)26-23-20(17-8-18(32)12-35-11-17)4-5-21(25(23)36-14-37-26)22-9-19(10-34)41(38-22)28(29,30)31/h4-5,8-9,11-12,14-16,24H,2-3,6-7,13H2,1H3. The Bertz CT molecular complexity index is 1730. The SMILES string of the molecule is [B]C([B])([B])n1nc(-c2ccc(-c3cncc(Cl)c3)c3c(N4CCN(C(=O)C(F)C5CC5)C(C)C4)ncnc23)cc1C#N. The van der Waals surface area contributed by atoms with Crippen molar-refractivity contribution in [1.82, 2.24) is 29.6 Å². The maximum Gasteiger partial charge on any atom is 0.257 e. The fraction of sp³-hybridized carbons (Fsp3) is 0.357. The number of fused-ring (bicyclic) bond motifs is 1. The van der Waals surface area contributed by atoms with Gasteiger partial charge in [0.05, 0.1) is 45.2 Å². The Morgan fingerprint density at radius 1 is 1.17 bits per heavy atom. The fourth-order valence-corrected chi connectivity index (χ4v) is 5.69. The molecule has 1 aliphatic heterocycles. The molecular weight excluding hydrogens is 551 g/mol. The van der Waals surface area contributed by atoms with E-state index in [-0.39, 0.29) is 17.7 Å². The number of halogens is 2. The first-order valence-corrected chi connectivity index (χ1v) is 13.9. The molecule has 2 aliphatic rings. The number of alkyl halides is 1. The van der Waals surface area contributed by atoms with Crippen molar-refractivity contribution in [2.75, 3.05) is 24.5 Å². The molecular formula is C28H23B3ClFN8O. The van der Waals surface area contributed by atoms with E-state index in [9.17, 15) is 14.4 Å². The molecule has 9 nitrogen and oxygen atoms in total. The van der Waals surface area contributed by atoms with Crippen molar-refractivity contribution < 1.29 is 9.18 Å². The molecule has 1 saturated carbocycles. The number of carbonyl (C=O) groups is 1. The van der Waals surface area contributed by atoms with Gasteiger partial charge in [0, 0.05) is 55.3 Å². The topological polar surface area (TPSA) is 104 Å². The summed E-state index contributed by atoms with van der Waals surface area (Å²) in [6, 6.07) is 8.83. The highest BCUT2D eigenvalue weighted by molar-refractivity contribution is 6.56. The van der Waals surface area contributed by atoms with E-state index in [4.69, 9.17) is 35.1 Å². The number of rotatable bonds is 6. The number of hydrogen-bond acceptors (Lipinski definition) is 7. The third-order valence-electron chi connectivity index (χ3n) is 7.73. The molecule has 14 heteroatoms. The largest absolute Gasteiger partial charge is 0.352 e. The Morgan fingerprint density at radius 3 is 2.57 bits per heavy atom. The third-order valence-corrected chi connectivity index (χ3v) is 7.94. The third kappa shape index (κ3) is 5.13. The molecule has 0 spiro atoms. The van der Waals surface area contributed by atoms with Gasteiger partial charge in [0.25, 0.3) is 5.91 Å². The molecule has 1 aromatic carbocycles. The molecule has 0 N–H and O–H groups in total.